The summed E-state index contributed by atoms with van der Waals surface area (Å²) in [5, 5.41) is 12.3. The standard InChI is InChI=1S/C13H16N2O3S/c1-13(2,3)18-12(17)15-11-14-10-8(7-16)5-4-6-9(10)19-11/h4-6,16H,7H2,1-3H3,(H,14,15,17). The molecule has 2 rings (SSSR count). The number of aliphatic hydroxyl groups excluding tert-OH is 1. The van der Waals surface area contributed by atoms with E-state index in [1.165, 1.54) is 11.3 Å². The number of ether oxygens (including phenoxy) is 1. The second kappa shape index (κ2) is 5.14. The smallest absolute Gasteiger partial charge is 0.413 e. The number of benzene rings is 1. The van der Waals surface area contributed by atoms with Crippen molar-refractivity contribution in [3.8, 4) is 0 Å². The van der Waals surface area contributed by atoms with E-state index in [4.69, 9.17) is 4.74 Å². The van der Waals surface area contributed by atoms with Gasteiger partial charge < -0.3 is 9.84 Å². The van der Waals surface area contributed by atoms with Crippen molar-refractivity contribution >= 4 is 32.8 Å². The monoisotopic (exact) mass is 280 g/mol. The van der Waals surface area contributed by atoms with Crippen LogP contribution < -0.4 is 5.32 Å². The fourth-order valence-electron chi connectivity index (χ4n) is 1.58. The van der Waals surface area contributed by atoms with Crippen LogP contribution in [0.2, 0.25) is 0 Å². The van der Waals surface area contributed by atoms with Crippen LogP contribution in [0.5, 0.6) is 0 Å². The summed E-state index contributed by atoms with van der Waals surface area (Å²) in [6.07, 6.45) is -0.530. The van der Waals surface area contributed by atoms with Gasteiger partial charge in [-0.15, -0.1) is 0 Å². The maximum absolute atomic E-state index is 11.6. The van der Waals surface area contributed by atoms with Crippen molar-refractivity contribution < 1.29 is 14.6 Å². The molecule has 6 heteroatoms. The average Bonchev–Trinajstić information content (AvgIpc) is 2.67. The van der Waals surface area contributed by atoms with E-state index < -0.39 is 11.7 Å². The van der Waals surface area contributed by atoms with E-state index in [0.717, 1.165) is 10.3 Å². The van der Waals surface area contributed by atoms with Gasteiger partial charge in [0, 0.05) is 5.56 Å². The first-order valence-electron chi connectivity index (χ1n) is 5.88. The van der Waals surface area contributed by atoms with Crippen molar-refractivity contribution in [2.45, 2.75) is 33.0 Å². The van der Waals surface area contributed by atoms with Crippen LogP contribution in [0.1, 0.15) is 26.3 Å². The maximum Gasteiger partial charge on any atom is 0.413 e. The minimum atomic E-state index is -0.545. The van der Waals surface area contributed by atoms with Gasteiger partial charge in [-0.1, -0.05) is 23.5 Å². The lowest BCUT2D eigenvalue weighted by atomic mass is 10.2. The van der Waals surface area contributed by atoms with Gasteiger partial charge in [0.15, 0.2) is 5.13 Å². The van der Waals surface area contributed by atoms with E-state index >= 15 is 0 Å². The molecule has 1 aromatic heterocycles. The van der Waals surface area contributed by atoms with Crippen LogP contribution in [0.15, 0.2) is 18.2 Å². The zero-order valence-corrected chi connectivity index (χ0v) is 11.9. The second-order valence-electron chi connectivity index (χ2n) is 5.07. The first kappa shape index (κ1) is 13.8. The number of rotatable bonds is 2. The highest BCUT2D eigenvalue weighted by molar-refractivity contribution is 7.22. The quantitative estimate of drug-likeness (QED) is 0.886. The lowest BCUT2D eigenvalue weighted by molar-refractivity contribution is 0.0636. The molecular formula is C13H16N2O3S. The summed E-state index contributed by atoms with van der Waals surface area (Å²) in [7, 11) is 0. The van der Waals surface area contributed by atoms with Crippen molar-refractivity contribution in [3.05, 3.63) is 23.8 Å². The van der Waals surface area contributed by atoms with Crippen molar-refractivity contribution in [2.24, 2.45) is 0 Å². The molecule has 0 aliphatic carbocycles. The Bertz CT molecular complexity index is 601. The number of anilines is 1. The molecule has 1 aromatic carbocycles. The summed E-state index contributed by atoms with van der Waals surface area (Å²) < 4.78 is 6.08. The molecule has 0 unspecified atom stereocenters. The van der Waals surface area contributed by atoms with E-state index in [1.807, 2.05) is 12.1 Å². The van der Waals surface area contributed by atoms with Crippen LogP contribution in [0, 0.1) is 0 Å². The number of fused-ring (bicyclic) bond motifs is 1. The van der Waals surface area contributed by atoms with Crippen LogP contribution in [-0.4, -0.2) is 21.8 Å². The molecule has 0 saturated heterocycles. The van der Waals surface area contributed by atoms with E-state index in [2.05, 4.69) is 10.3 Å². The van der Waals surface area contributed by atoms with Gasteiger partial charge in [0.25, 0.3) is 0 Å². The minimum Gasteiger partial charge on any atom is -0.444 e. The Kier molecular flexibility index (Phi) is 3.73. The SMILES string of the molecule is CC(C)(C)OC(=O)Nc1nc2c(CO)cccc2s1. The molecule has 0 aliphatic rings. The van der Waals surface area contributed by atoms with Crippen molar-refractivity contribution in [2.75, 3.05) is 5.32 Å². The van der Waals surface area contributed by atoms with E-state index in [0.29, 0.717) is 10.6 Å². The normalized spacial score (nSPS) is 11.6. The van der Waals surface area contributed by atoms with Gasteiger partial charge >= 0.3 is 6.09 Å². The Labute approximate surface area is 115 Å². The first-order chi connectivity index (χ1) is 8.89. The maximum atomic E-state index is 11.6. The predicted molar refractivity (Wildman–Crippen MR) is 75.4 cm³/mol. The molecule has 0 fully saturated rings. The van der Waals surface area contributed by atoms with Crippen LogP contribution in [0.3, 0.4) is 0 Å². The van der Waals surface area contributed by atoms with Crippen molar-refractivity contribution in [3.63, 3.8) is 0 Å². The molecule has 0 radical (unpaired) electrons. The van der Waals surface area contributed by atoms with Crippen LogP contribution in [-0.2, 0) is 11.3 Å². The molecule has 0 saturated carbocycles. The fraction of sp³-hybridized carbons (Fsp3) is 0.385. The topological polar surface area (TPSA) is 71.5 Å². The average molecular weight is 280 g/mol. The van der Waals surface area contributed by atoms with E-state index in [1.54, 1.807) is 26.8 Å². The number of aliphatic hydroxyl groups is 1. The van der Waals surface area contributed by atoms with Gasteiger partial charge in [0.2, 0.25) is 0 Å². The zero-order valence-electron chi connectivity index (χ0n) is 11.1. The predicted octanol–water partition coefficient (Wildman–Crippen LogP) is 3.14. The van der Waals surface area contributed by atoms with E-state index in [9.17, 15) is 9.90 Å². The Hall–Kier alpha value is -1.66. The Morgan fingerprint density at radius 2 is 2.21 bits per heavy atom. The number of thiazole rings is 1. The Morgan fingerprint density at radius 3 is 2.84 bits per heavy atom. The molecule has 0 aliphatic heterocycles. The highest BCUT2D eigenvalue weighted by Crippen LogP contribution is 2.28. The summed E-state index contributed by atoms with van der Waals surface area (Å²) in [5.41, 5.74) is 0.906. The van der Waals surface area contributed by atoms with Gasteiger partial charge in [-0.3, -0.25) is 5.32 Å². The summed E-state index contributed by atoms with van der Waals surface area (Å²) in [6.45, 7) is 5.32. The number of carbonyl (C=O) groups excluding carboxylic acids is 1. The molecule has 2 N–H and O–H groups in total. The highest BCUT2D eigenvalue weighted by Gasteiger charge is 2.17. The number of hydrogen-bond donors (Lipinski definition) is 2. The number of para-hydroxylation sites is 1. The molecule has 1 heterocycles. The molecule has 102 valence electrons. The zero-order chi connectivity index (χ0) is 14.0. The molecule has 0 spiro atoms. The van der Waals surface area contributed by atoms with E-state index in [-0.39, 0.29) is 6.61 Å². The number of nitrogens with one attached hydrogen (secondary N) is 1. The highest BCUT2D eigenvalue weighted by atomic mass is 32.1. The Morgan fingerprint density at radius 1 is 1.47 bits per heavy atom. The molecular weight excluding hydrogens is 264 g/mol. The summed E-state index contributed by atoms with van der Waals surface area (Å²) in [4.78, 5) is 15.9. The number of carbonyl (C=O) groups is 1. The molecule has 1 amide bonds. The number of hydrogen-bond acceptors (Lipinski definition) is 5. The third-order valence-corrected chi connectivity index (χ3v) is 3.22. The largest absolute Gasteiger partial charge is 0.444 e. The van der Waals surface area contributed by atoms with Gasteiger partial charge in [-0.05, 0) is 26.8 Å². The molecule has 19 heavy (non-hydrogen) atoms. The molecule has 2 aromatic rings. The molecule has 0 bridgehead atoms. The van der Waals surface area contributed by atoms with Gasteiger partial charge in [0.05, 0.1) is 16.8 Å². The Balaban J connectivity index is 2.20. The molecule has 0 atom stereocenters. The van der Waals surface area contributed by atoms with Crippen molar-refractivity contribution in [1.82, 2.24) is 4.98 Å². The third kappa shape index (κ3) is 3.42. The van der Waals surface area contributed by atoms with Gasteiger partial charge in [0.1, 0.15) is 5.60 Å². The molecule has 5 nitrogen and oxygen atoms in total. The van der Waals surface area contributed by atoms with Crippen LogP contribution in [0.4, 0.5) is 9.93 Å². The number of amides is 1. The second-order valence-corrected chi connectivity index (χ2v) is 6.10. The van der Waals surface area contributed by atoms with Gasteiger partial charge in [-0.25, -0.2) is 9.78 Å². The first-order valence-corrected chi connectivity index (χ1v) is 6.70. The summed E-state index contributed by atoms with van der Waals surface area (Å²) >= 11 is 1.35. The lowest BCUT2D eigenvalue weighted by Crippen LogP contribution is -2.27. The summed E-state index contributed by atoms with van der Waals surface area (Å²) in [5.74, 6) is 0. The third-order valence-electron chi connectivity index (χ3n) is 2.28. The van der Waals surface area contributed by atoms with Crippen LogP contribution >= 0.6 is 11.3 Å². The van der Waals surface area contributed by atoms with Crippen LogP contribution in [0.25, 0.3) is 10.2 Å². The minimum absolute atomic E-state index is 0.0764. The number of nitrogens with zero attached hydrogens (tertiary/aromatic N) is 1. The lowest BCUT2D eigenvalue weighted by Gasteiger charge is -2.18. The fourth-order valence-corrected chi connectivity index (χ4v) is 2.48. The number of aromatic nitrogens is 1. The summed E-state index contributed by atoms with van der Waals surface area (Å²) in [6, 6.07) is 5.55. The van der Waals surface area contributed by atoms with Crippen molar-refractivity contribution in [1.29, 1.82) is 0 Å². The van der Waals surface area contributed by atoms with Gasteiger partial charge in [-0.2, -0.15) is 0 Å².